The lowest BCUT2D eigenvalue weighted by Crippen LogP contribution is -2.19. The number of allylic oxidation sites excluding steroid dienone is 1. The van der Waals surface area contributed by atoms with E-state index in [1.807, 2.05) is 12.1 Å². The van der Waals surface area contributed by atoms with Crippen LogP contribution in [0, 0.1) is 11.3 Å². The van der Waals surface area contributed by atoms with E-state index in [4.69, 9.17) is 10.00 Å². The minimum Gasteiger partial charge on any atom is -0.495 e. The van der Waals surface area contributed by atoms with Crippen molar-refractivity contribution in [1.82, 2.24) is 0 Å². The number of nitrogens with one attached hydrogen (secondary N) is 1. The summed E-state index contributed by atoms with van der Waals surface area (Å²) in [6, 6.07) is 8.00. The summed E-state index contributed by atoms with van der Waals surface area (Å²) >= 11 is 0. The summed E-state index contributed by atoms with van der Waals surface area (Å²) in [5.74, 6) is 0.725. The summed E-state index contributed by atoms with van der Waals surface area (Å²) in [6.07, 6.45) is 7.78. The topological polar surface area (TPSA) is 45.0 Å². The van der Waals surface area contributed by atoms with Crippen LogP contribution >= 0.6 is 0 Å². The molecule has 17 heavy (non-hydrogen) atoms. The van der Waals surface area contributed by atoms with Crippen LogP contribution in [0.2, 0.25) is 0 Å². The molecule has 1 aromatic rings. The van der Waals surface area contributed by atoms with Gasteiger partial charge in [0.1, 0.15) is 11.8 Å². The van der Waals surface area contributed by atoms with Gasteiger partial charge >= 0.3 is 0 Å². The first kappa shape index (κ1) is 11.5. The number of methoxy groups -OCH3 is 1. The van der Waals surface area contributed by atoms with E-state index in [1.165, 1.54) is 6.42 Å². The number of para-hydroxylation sites is 1. The lowest BCUT2D eigenvalue weighted by atomic mass is 10.0. The van der Waals surface area contributed by atoms with Gasteiger partial charge in [-0.3, -0.25) is 0 Å². The molecule has 3 nitrogen and oxygen atoms in total. The second-order valence-electron chi connectivity index (χ2n) is 4.10. The number of hydrogen-bond acceptors (Lipinski definition) is 3. The number of nitrogens with zero attached hydrogens (tertiary/aromatic N) is 1. The van der Waals surface area contributed by atoms with Gasteiger partial charge in [-0.05, 0) is 31.4 Å². The average molecular weight is 228 g/mol. The lowest BCUT2D eigenvalue weighted by Gasteiger charge is -2.21. The monoisotopic (exact) mass is 228 g/mol. The molecule has 0 heterocycles. The lowest BCUT2D eigenvalue weighted by molar-refractivity contribution is 0.416. The van der Waals surface area contributed by atoms with E-state index in [0.717, 1.165) is 24.3 Å². The molecular weight excluding hydrogens is 212 g/mol. The molecule has 1 N–H and O–H groups in total. The van der Waals surface area contributed by atoms with Gasteiger partial charge < -0.3 is 10.1 Å². The predicted octanol–water partition coefficient (Wildman–Crippen LogP) is 3.09. The maximum absolute atomic E-state index is 9.10. The van der Waals surface area contributed by atoms with E-state index in [9.17, 15) is 0 Å². The van der Waals surface area contributed by atoms with Crippen molar-refractivity contribution in [2.45, 2.75) is 25.3 Å². The summed E-state index contributed by atoms with van der Waals surface area (Å²) in [5.41, 5.74) is 1.43. The highest BCUT2D eigenvalue weighted by molar-refractivity contribution is 5.67. The Kier molecular flexibility index (Phi) is 3.66. The number of rotatable bonds is 3. The van der Waals surface area contributed by atoms with E-state index in [-0.39, 0.29) is 0 Å². The zero-order chi connectivity index (χ0) is 12.1. The van der Waals surface area contributed by atoms with Crippen molar-refractivity contribution < 1.29 is 4.74 Å². The fraction of sp³-hybridized carbons (Fsp3) is 0.357. The predicted molar refractivity (Wildman–Crippen MR) is 68.1 cm³/mol. The first-order chi connectivity index (χ1) is 8.35. The van der Waals surface area contributed by atoms with Crippen molar-refractivity contribution in [2.75, 3.05) is 12.4 Å². The van der Waals surface area contributed by atoms with Gasteiger partial charge in [0.2, 0.25) is 0 Å². The van der Waals surface area contributed by atoms with Crippen molar-refractivity contribution in [3.05, 3.63) is 35.9 Å². The highest BCUT2D eigenvalue weighted by Crippen LogP contribution is 2.29. The minimum absolute atomic E-state index is 0.298. The number of benzene rings is 1. The van der Waals surface area contributed by atoms with Crippen molar-refractivity contribution in [3.8, 4) is 11.8 Å². The zero-order valence-electron chi connectivity index (χ0n) is 9.94. The van der Waals surface area contributed by atoms with Crippen LogP contribution in [0.5, 0.6) is 5.75 Å². The van der Waals surface area contributed by atoms with Gasteiger partial charge in [0.15, 0.2) is 0 Å². The number of nitriles is 1. The summed E-state index contributed by atoms with van der Waals surface area (Å²) in [6.45, 7) is 0. The van der Waals surface area contributed by atoms with Crippen LogP contribution in [0.25, 0.3) is 0 Å². The molecule has 0 amide bonds. The Hall–Kier alpha value is -1.95. The number of anilines is 1. The molecule has 0 saturated heterocycles. The molecule has 0 bridgehead atoms. The third kappa shape index (κ3) is 2.59. The van der Waals surface area contributed by atoms with Crippen LogP contribution in [-0.4, -0.2) is 13.2 Å². The van der Waals surface area contributed by atoms with Crippen LogP contribution in [0.3, 0.4) is 0 Å². The van der Waals surface area contributed by atoms with Gasteiger partial charge in [0.05, 0.1) is 18.4 Å². The molecular formula is C14H16N2O. The van der Waals surface area contributed by atoms with E-state index in [0.29, 0.717) is 11.6 Å². The summed E-state index contributed by atoms with van der Waals surface area (Å²) < 4.78 is 5.29. The first-order valence-corrected chi connectivity index (χ1v) is 5.85. The van der Waals surface area contributed by atoms with E-state index in [2.05, 4.69) is 23.5 Å². The van der Waals surface area contributed by atoms with E-state index < -0.39 is 0 Å². The highest BCUT2D eigenvalue weighted by atomic mass is 16.5. The van der Waals surface area contributed by atoms with Crippen LogP contribution in [0.4, 0.5) is 5.69 Å². The van der Waals surface area contributed by atoms with Crippen molar-refractivity contribution in [1.29, 1.82) is 5.26 Å². The molecule has 0 saturated carbocycles. The fourth-order valence-corrected chi connectivity index (χ4v) is 2.06. The third-order valence-corrected chi connectivity index (χ3v) is 2.95. The third-order valence-electron chi connectivity index (χ3n) is 2.95. The Labute approximate surface area is 102 Å². The second kappa shape index (κ2) is 5.40. The maximum Gasteiger partial charge on any atom is 0.143 e. The summed E-state index contributed by atoms with van der Waals surface area (Å²) in [5, 5.41) is 12.5. The Morgan fingerprint density at radius 2 is 2.35 bits per heavy atom. The average Bonchev–Trinajstić information content (AvgIpc) is 2.40. The minimum atomic E-state index is 0.298. The van der Waals surface area contributed by atoms with Gasteiger partial charge in [-0.1, -0.05) is 18.2 Å². The molecule has 1 aliphatic carbocycles. The Morgan fingerprint density at radius 1 is 1.47 bits per heavy atom. The van der Waals surface area contributed by atoms with Crippen molar-refractivity contribution in [3.63, 3.8) is 0 Å². The highest BCUT2D eigenvalue weighted by Gasteiger charge is 2.14. The molecule has 1 aliphatic rings. The molecule has 0 fully saturated rings. The summed E-state index contributed by atoms with van der Waals surface area (Å²) in [7, 11) is 1.62. The van der Waals surface area contributed by atoms with E-state index >= 15 is 0 Å². The zero-order valence-corrected chi connectivity index (χ0v) is 9.94. The summed E-state index contributed by atoms with van der Waals surface area (Å²) in [4.78, 5) is 0. The van der Waals surface area contributed by atoms with Gasteiger partial charge in [-0.25, -0.2) is 0 Å². The van der Waals surface area contributed by atoms with Crippen molar-refractivity contribution >= 4 is 5.69 Å². The van der Waals surface area contributed by atoms with Crippen LogP contribution in [0.1, 0.15) is 24.8 Å². The molecule has 1 unspecified atom stereocenters. The molecule has 0 aliphatic heterocycles. The molecule has 2 rings (SSSR count). The van der Waals surface area contributed by atoms with Gasteiger partial charge in [-0.2, -0.15) is 5.26 Å². The normalized spacial score (nSPS) is 18.5. The second-order valence-corrected chi connectivity index (χ2v) is 4.10. The quantitative estimate of drug-likeness (QED) is 0.808. The van der Waals surface area contributed by atoms with Crippen LogP contribution in [-0.2, 0) is 0 Å². The Balaban J connectivity index is 2.27. The molecule has 1 atom stereocenters. The fourth-order valence-electron chi connectivity index (χ4n) is 2.06. The molecule has 3 heteroatoms. The van der Waals surface area contributed by atoms with Crippen LogP contribution < -0.4 is 10.1 Å². The SMILES string of the molecule is COc1cccc(C#N)c1NC1C=CCCC1. The number of hydrogen-bond donors (Lipinski definition) is 1. The largest absolute Gasteiger partial charge is 0.495 e. The van der Waals surface area contributed by atoms with Crippen molar-refractivity contribution in [2.24, 2.45) is 0 Å². The number of ether oxygens (including phenoxy) is 1. The smallest absolute Gasteiger partial charge is 0.143 e. The molecule has 0 radical (unpaired) electrons. The molecule has 88 valence electrons. The Morgan fingerprint density at radius 3 is 3.00 bits per heavy atom. The molecule has 0 aromatic heterocycles. The maximum atomic E-state index is 9.10. The standard InChI is InChI=1S/C14H16N2O/c1-17-13-9-5-6-11(10-15)14(13)16-12-7-3-2-4-8-12/h3,5-7,9,12,16H,2,4,8H2,1H3. The van der Waals surface area contributed by atoms with Gasteiger partial charge in [0, 0.05) is 6.04 Å². The van der Waals surface area contributed by atoms with E-state index in [1.54, 1.807) is 13.2 Å². The Bertz CT molecular complexity index is 460. The van der Waals surface area contributed by atoms with Gasteiger partial charge in [0.25, 0.3) is 0 Å². The van der Waals surface area contributed by atoms with Crippen LogP contribution in [0.15, 0.2) is 30.4 Å². The molecule has 1 aromatic carbocycles. The van der Waals surface area contributed by atoms with Gasteiger partial charge in [-0.15, -0.1) is 0 Å². The first-order valence-electron chi connectivity index (χ1n) is 5.85. The molecule has 0 spiro atoms.